The molecule has 0 fully saturated rings. The number of likely N-dealkylation sites (N-methyl/N-ethyl adjacent to an activating group) is 1. The summed E-state index contributed by atoms with van der Waals surface area (Å²) in [7, 11) is -2.30. The van der Waals surface area contributed by atoms with Gasteiger partial charge in [-0.05, 0) is 30.3 Å². The number of hydrogen-bond donors (Lipinski definition) is 0. The second-order valence-corrected chi connectivity index (χ2v) is 8.57. The summed E-state index contributed by atoms with van der Waals surface area (Å²) in [4.78, 5) is 0.119. The molecule has 0 saturated heterocycles. The molecule has 1 aliphatic heterocycles. The highest BCUT2D eigenvalue weighted by atomic mass is 79.9. The van der Waals surface area contributed by atoms with Gasteiger partial charge in [0, 0.05) is 11.0 Å². The van der Waals surface area contributed by atoms with Gasteiger partial charge in [-0.15, -0.1) is 0 Å². The third kappa shape index (κ3) is 3.82. The Bertz CT molecular complexity index is 887. The summed E-state index contributed by atoms with van der Waals surface area (Å²) in [5.74, 6) is 1.60. The smallest absolute Gasteiger partial charge is 0.246 e. The average Bonchev–Trinajstić information content (AvgIpc) is 2.65. The van der Waals surface area contributed by atoms with E-state index in [9.17, 15) is 8.42 Å². The van der Waals surface area contributed by atoms with Gasteiger partial charge in [0.25, 0.3) is 0 Å². The topological polar surface area (TPSA) is 65.1 Å². The highest BCUT2D eigenvalue weighted by Gasteiger charge is 2.31. The second kappa shape index (κ2) is 7.85. The predicted molar refractivity (Wildman–Crippen MR) is 101 cm³/mol. The van der Waals surface area contributed by atoms with Crippen molar-refractivity contribution < 1.29 is 22.6 Å². The van der Waals surface area contributed by atoms with Crippen LogP contribution in [-0.4, -0.2) is 45.6 Å². The normalized spacial score (nSPS) is 16.5. The standard InChI is InChI=1S/C18H20BrNO5S/c1-3-20(11-14-12-24-15-6-4-5-7-16(15)25-14)26(21,22)18-10-13(19)8-9-17(18)23-2/h4-10,14H,3,11-12H2,1-2H3. The molecule has 1 unspecified atom stereocenters. The first-order chi connectivity index (χ1) is 12.5. The van der Waals surface area contributed by atoms with Gasteiger partial charge in [0.15, 0.2) is 11.5 Å². The van der Waals surface area contributed by atoms with Crippen molar-refractivity contribution in [1.29, 1.82) is 0 Å². The Morgan fingerprint density at radius 3 is 2.65 bits per heavy atom. The van der Waals surface area contributed by atoms with Crippen LogP contribution >= 0.6 is 15.9 Å². The minimum absolute atomic E-state index is 0.119. The summed E-state index contributed by atoms with van der Waals surface area (Å²) in [6.07, 6.45) is -0.391. The van der Waals surface area contributed by atoms with Gasteiger partial charge in [-0.1, -0.05) is 35.0 Å². The van der Waals surface area contributed by atoms with Crippen molar-refractivity contribution >= 4 is 26.0 Å². The van der Waals surface area contributed by atoms with Crippen molar-refractivity contribution in [2.45, 2.75) is 17.9 Å². The van der Waals surface area contributed by atoms with Gasteiger partial charge in [-0.3, -0.25) is 0 Å². The van der Waals surface area contributed by atoms with Crippen LogP contribution in [0.4, 0.5) is 0 Å². The average molecular weight is 442 g/mol. The van der Waals surface area contributed by atoms with Crippen molar-refractivity contribution in [3.63, 3.8) is 0 Å². The molecule has 0 amide bonds. The molecule has 0 radical (unpaired) electrons. The van der Waals surface area contributed by atoms with Crippen molar-refractivity contribution in [1.82, 2.24) is 4.31 Å². The van der Waals surface area contributed by atoms with E-state index >= 15 is 0 Å². The molecule has 1 heterocycles. The van der Waals surface area contributed by atoms with E-state index in [-0.39, 0.29) is 11.4 Å². The fourth-order valence-corrected chi connectivity index (χ4v) is 4.94. The molecule has 0 aromatic heterocycles. The SMILES string of the molecule is CCN(CC1COc2ccccc2O1)S(=O)(=O)c1cc(Br)ccc1OC. The molecule has 0 N–H and O–H groups in total. The van der Waals surface area contributed by atoms with Gasteiger partial charge < -0.3 is 14.2 Å². The molecule has 3 rings (SSSR count). The van der Waals surface area contributed by atoms with Gasteiger partial charge in [0.2, 0.25) is 10.0 Å². The van der Waals surface area contributed by atoms with Crippen LogP contribution in [0.5, 0.6) is 17.2 Å². The molecule has 1 atom stereocenters. The van der Waals surface area contributed by atoms with Crippen molar-refractivity contribution in [2.24, 2.45) is 0 Å². The Morgan fingerprint density at radius 1 is 1.23 bits per heavy atom. The third-order valence-corrected chi connectivity index (χ3v) is 6.53. The number of halogens is 1. The lowest BCUT2D eigenvalue weighted by atomic mass is 10.2. The summed E-state index contributed by atoms with van der Waals surface area (Å²) in [6.45, 7) is 2.57. The maximum absolute atomic E-state index is 13.1. The minimum Gasteiger partial charge on any atom is -0.495 e. The van der Waals surface area contributed by atoms with E-state index in [1.54, 1.807) is 25.1 Å². The van der Waals surface area contributed by atoms with Crippen LogP contribution in [0, 0.1) is 0 Å². The van der Waals surface area contributed by atoms with Gasteiger partial charge in [-0.25, -0.2) is 8.42 Å². The first-order valence-corrected chi connectivity index (χ1v) is 10.4. The van der Waals surface area contributed by atoms with Crippen molar-refractivity contribution in [3.05, 3.63) is 46.9 Å². The molecule has 1 aliphatic rings. The summed E-state index contributed by atoms with van der Waals surface area (Å²) in [5, 5.41) is 0. The number of nitrogens with zero attached hydrogens (tertiary/aromatic N) is 1. The van der Waals surface area contributed by atoms with Gasteiger partial charge >= 0.3 is 0 Å². The lowest BCUT2D eigenvalue weighted by Gasteiger charge is -2.30. The van der Waals surface area contributed by atoms with Crippen LogP contribution in [-0.2, 0) is 10.0 Å². The maximum atomic E-state index is 13.1. The summed E-state index contributed by atoms with van der Waals surface area (Å²) in [5.41, 5.74) is 0. The molecule has 8 heteroatoms. The predicted octanol–water partition coefficient (Wildman–Crippen LogP) is 3.31. The zero-order valence-corrected chi connectivity index (χ0v) is 16.9. The Morgan fingerprint density at radius 2 is 1.96 bits per heavy atom. The number of fused-ring (bicyclic) bond motifs is 1. The van der Waals surface area contributed by atoms with Crippen molar-refractivity contribution in [3.8, 4) is 17.2 Å². The van der Waals surface area contributed by atoms with E-state index in [4.69, 9.17) is 14.2 Å². The molecule has 6 nitrogen and oxygen atoms in total. The zero-order chi connectivity index (χ0) is 18.7. The molecule has 0 bridgehead atoms. The lowest BCUT2D eigenvalue weighted by molar-refractivity contribution is 0.0771. The summed E-state index contributed by atoms with van der Waals surface area (Å²) < 4.78 is 45.2. The van der Waals surface area contributed by atoms with E-state index in [0.29, 0.717) is 34.9 Å². The number of para-hydroxylation sites is 2. The third-order valence-electron chi connectivity index (χ3n) is 4.07. The molecule has 26 heavy (non-hydrogen) atoms. The quantitative estimate of drug-likeness (QED) is 0.687. The van der Waals surface area contributed by atoms with Crippen LogP contribution in [0.1, 0.15) is 6.92 Å². The van der Waals surface area contributed by atoms with E-state index in [2.05, 4.69) is 15.9 Å². The van der Waals surface area contributed by atoms with E-state index < -0.39 is 16.1 Å². The van der Waals surface area contributed by atoms with E-state index in [1.807, 2.05) is 24.3 Å². The molecule has 0 spiro atoms. The zero-order valence-electron chi connectivity index (χ0n) is 14.5. The fourth-order valence-electron chi connectivity index (χ4n) is 2.77. The second-order valence-electron chi connectivity index (χ2n) is 5.75. The van der Waals surface area contributed by atoms with Crippen LogP contribution < -0.4 is 14.2 Å². The Kier molecular flexibility index (Phi) is 5.74. The molecule has 2 aromatic carbocycles. The van der Waals surface area contributed by atoms with Gasteiger partial charge in [0.1, 0.15) is 23.4 Å². The minimum atomic E-state index is -3.75. The Balaban J connectivity index is 1.84. The number of sulfonamides is 1. The number of ether oxygens (including phenoxy) is 3. The number of benzene rings is 2. The molecule has 0 saturated carbocycles. The van der Waals surface area contributed by atoms with Crippen LogP contribution in [0.15, 0.2) is 51.8 Å². The molecular weight excluding hydrogens is 422 g/mol. The fraction of sp³-hybridized carbons (Fsp3) is 0.333. The largest absolute Gasteiger partial charge is 0.495 e. The first-order valence-electron chi connectivity index (χ1n) is 8.18. The van der Waals surface area contributed by atoms with Crippen LogP contribution in [0.25, 0.3) is 0 Å². The molecule has 2 aromatic rings. The molecular formula is C18H20BrNO5S. The van der Waals surface area contributed by atoms with Crippen LogP contribution in [0.2, 0.25) is 0 Å². The first kappa shape index (κ1) is 19.0. The highest BCUT2D eigenvalue weighted by Crippen LogP contribution is 2.33. The van der Waals surface area contributed by atoms with Gasteiger partial charge in [-0.2, -0.15) is 4.31 Å². The maximum Gasteiger partial charge on any atom is 0.246 e. The molecule has 140 valence electrons. The number of rotatable bonds is 6. The lowest BCUT2D eigenvalue weighted by Crippen LogP contribution is -2.43. The van der Waals surface area contributed by atoms with Crippen LogP contribution in [0.3, 0.4) is 0 Å². The monoisotopic (exact) mass is 441 g/mol. The number of methoxy groups -OCH3 is 1. The van der Waals surface area contributed by atoms with E-state index in [1.165, 1.54) is 11.4 Å². The number of hydrogen-bond acceptors (Lipinski definition) is 5. The summed E-state index contributed by atoms with van der Waals surface area (Å²) >= 11 is 3.32. The van der Waals surface area contributed by atoms with Gasteiger partial charge in [0.05, 0.1) is 13.7 Å². The Hall–Kier alpha value is -1.77. The summed E-state index contributed by atoms with van der Waals surface area (Å²) in [6, 6.07) is 12.3. The Labute approximate surface area is 161 Å². The molecule has 0 aliphatic carbocycles. The highest BCUT2D eigenvalue weighted by molar-refractivity contribution is 9.10. The van der Waals surface area contributed by atoms with Crippen molar-refractivity contribution in [2.75, 3.05) is 26.8 Å². The van der Waals surface area contributed by atoms with E-state index in [0.717, 1.165) is 0 Å².